The van der Waals surface area contributed by atoms with Gasteiger partial charge in [-0.25, -0.2) is 5.06 Å². The Bertz CT molecular complexity index is 1090. The molecule has 37 heavy (non-hydrogen) atoms. The molecule has 4 N–H and O–H groups in total. The Labute approximate surface area is 216 Å². The molecule has 2 aromatic rings. The molecule has 0 saturated heterocycles. The summed E-state index contributed by atoms with van der Waals surface area (Å²) in [5.74, 6) is -1.79. The zero-order valence-corrected chi connectivity index (χ0v) is 21.2. The average Bonchev–Trinajstić information content (AvgIpc) is 3.57. The van der Waals surface area contributed by atoms with E-state index in [1.807, 2.05) is 6.92 Å². The second kappa shape index (κ2) is 12.5. The second-order valence-corrected chi connectivity index (χ2v) is 9.42. The molecule has 0 spiro atoms. The molecule has 1 aliphatic carbocycles. The molecule has 2 atom stereocenters. The van der Waals surface area contributed by atoms with Gasteiger partial charge in [0.05, 0.1) is 24.0 Å². The van der Waals surface area contributed by atoms with Crippen LogP contribution in [0.4, 0.5) is 0 Å². The Morgan fingerprint density at radius 2 is 1.78 bits per heavy atom. The number of nitrogens with zero attached hydrogens (tertiary/aromatic N) is 1. The van der Waals surface area contributed by atoms with Crippen LogP contribution in [0.5, 0.6) is 0 Å². The highest BCUT2D eigenvalue weighted by molar-refractivity contribution is 5.92. The summed E-state index contributed by atoms with van der Waals surface area (Å²) in [5, 5.41) is 25.2. The predicted octanol–water partition coefficient (Wildman–Crippen LogP) is 3.69. The van der Waals surface area contributed by atoms with Gasteiger partial charge in [-0.05, 0) is 43.4 Å². The van der Waals surface area contributed by atoms with E-state index in [1.54, 1.807) is 37.3 Å². The lowest BCUT2D eigenvalue weighted by Crippen LogP contribution is -2.47. The van der Waals surface area contributed by atoms with Gasteiger partial charge in [0, 0.05) is 5.56 Å². The number of hydroxylamine groups is 2. The Kier molecular flexibility index (Phi) is 9.46. The molecule has 1 fully saturated rings. The van der Waals surface area contributed by atoms with Crippen molar-refractivity contribution in [3.8, 4) is 11.3 Å². The van der Waals surface area contributed by atoms with Crippen LogP contribution in [-0.4, -0.2) is 52.3 Å². The van der Waals surface area contributed by atoms with Gasteiger partial charge in [0.25, 0.3) is 5.91 Å². The summed E-state index contributed by atoms with van der Waals surface area (Å²) in [4.78, 5) is 48.0. The Morgan fingerprint density at radius 1 is 1.08 bits per heavy atom. The third kappa shape index (κ3) is 6.56. The van der Waals surface area contributed by atoms with Crippen molar-refractivity contribution in [2.75, 3.05) is 6.67 Å². The van der Waals surface area contributed by atoms with Crippen LogP contribution in [0.25, 0.3) is 11.3 Å². The normalized spacial score (nSPS) is 15.3. The van der Waals surface area contributed by atoms with Crippen LogP contribution in [-0.2, 0) is 19.8 Å². The predicted molar refractivity (Wildman–Crippen MR) is 135 cm³/mol. The van der Waals surface area contributed by atoms with Gasteiger partial charge in [0.2, 0.25) is 12.3 Å². The smallest absolute Gasteiger partial charge is 0.314 e. The number of carbonyl (C=O) groups excluding carboxylic acids is 3. The molecule has 0 aliphatic heterocycles. The fraction of sp³-hybridized carbons (Fsp3) is 0.481. The van der Waals surface area contributed by atoms with Gasteiger partial charge in [-0.2, -0.15) is 0 Å². The van der Waals surface area contributed by atoms with E-state index in [-0.39, 0.29) is 18.3 Å². The number of benzene rings is 1. The number of aliphatic carboxylic acids is 1. The van der Waals surface area contributed by atoms with E-state index in [4.69, 9.17) is 4.42 Å². The van der Waals surface area contributed by atoms with Crippen molar-refractivity contribution in [3.05, 3.63) is 47.7 Å². The quantitative estimate of drug-likeness (QED) is 0.0933. The van der Waals surface area contributed by atoms with Crippen LogP contribution in [0.15, 0.2) is 40.8 Å². The molecule has 1 heterocycles. The van der Waals surface area contributed by atoms with Crippen molar-refractivity contribution in [2.24, 2.45) is 5.92 Å². The summed E-state index contributed by atoms with van der Waals surface area (Å²) in [7, 11) is 0. The first-order chi connectivity index (χ1) is 17.8. The molecule has 1 saturated carbocycles. The number of hydrogen-bond acceptors (Lipinski definition) is 6. The molecule has 200 valence electrons. The highest BCUT2D eigenvalue weighted by atomic mass is 16.5. The molecular weight excluding hydrogens is 478 g/mol. The number of carbonyl (C=O) groups is 4. The largest absolute Gasteiger partial charge is 0.481 e. The third-order valence-corrected chi connectivity index (χ3v) is 7.01. The standard InChI is InChI=1S/C27H35N3O7/c1-3-5-6-7-20(21(4-2)30(36)17-31)24(32)28-16-29-25(33)23-13-12-22(37-23)18-8-10-19(11-9-18)27(14-15-27)26(34)35/h8-13,17,20-21,36H,3-7,14-16H2,1-2H3,(H,28,32)(H,29,33)(H,34,35). The highest BCUT2D eigenvalue weighted by Crippen LogP contribution is 2.48. The van der Waals surface area contributed by atoms with Crippen LogP contribution < -0.4 is 10.6 Å². The average molecular weight is 514 g/mol. The minimum atomic E-state index is -0.820. The number of amides is 3. The maximum Gasteiger partial charge on any atom is 0.314 e. The fourth-order valence-corrected chi connectivity index (χ4v) is 4.60. The molecule has 1 aliphatic rings. The topological polar surface area (TPSA) is 149 Å². The molecule has 3 amide bonds. The summed E-state index contributed by atoms with van der Waals surface area (Å²) >= 11 is 0. The number of carboxylic acid groups (broad SMARTS) is 1. The van der Waals surface area contributed by atoms with Crippen molar-refractivity contribution in [1.82, 2.24) is 15.7 Å². The number of rotatable bonds is 15. The van der Waals surface area contributed by atoms with Crippen molar-refractivity contribution in [2.45, 2.75) is 70.3 Å². The number of nitrogens with one attached hydrogen (secondary N) is 2. The molecule has 10 nitrogen and oxygen atoms in total. The van der Waals surface area contributed by atoms with E-state index in [2.05, 4.69) is 10.6 Å². The first-order valence-electron chi connectivity index (χ1n) is 12.7. The Hall–Kier alpha value is -3.66. The van der Waals surface area contributed by atoms with E-state index in [9.17, 15) is 29.5 Å². The number of hydrogen-bond donors (Lipinski definition) is 4. The zero-order valence-electron chi connectivity index (χ0n) is 21.2. The number of unbranched alkanes of at least 4 members (excludes halogenated alkanes) is 2. The summed E-state index contributed by atoms with van der Waals surface area (Å²) in [5.41, 5.74) is 0.674. The number of carboxylic acids is 1. The van der Waals surface area contributed by atoms with Crippen LogP contribution in [0.1, 0.15) is 74.9 Å². The molecule has 2 unspecified atom stereocenters. The van der Waals surface area contributed by atoms with Crippen LogP contribution >= 0.6 is 0 Å². The van der Waals surface area contributed by atoms with Gasteiger partial charge in [-0.1, -0.05) is 57.4 Å². The SMILES string of the molecule is CCCCCC(C(=O)NCNC(=O)c1ccc(-c2ccc(C3(C(=O)O)CC3)cc2)o1)C(CC)N(O)C=O. The molecular formula is C27H35N3O7. The molecule has 3 rings (SSSR count). The van der Waals surface area contributed by atoms with Gasteiger partial charge < -0.3 is 20.2 Å². The first-order valence-corrected chi connectivity index (χ1v) is 12.7. The van der Waals surface area contributed by atoms with Gasteiger partial charge in [-0.3, -0.25) is 24.4 Å². The van der Waals surface area contributed by atoms with Gasteiger partial charge in [0.15, 0.2) is 5.76 Å². The summed E-state index contributed by atoms with van der Waals surface area (Å²) in [6.07, 6.45) is 5.12. The zero-order chi connectivity index (χ0) is 27.0. The minimum absolute atomic E-state index is 0.0611. The lowest BCUT2D eigenvalue weighted by atomic mass is 9.90. The summed E-state index contributed by atoms with van der Waals surface area (Å²) in [6.45, 7) is 3.69. The van der Waals surface area contributed by atoms with Crippen LogP contribution in [0.3, 0.4) is 0 Å². The molecule has 0 radical (unpaired) electrons. The van der Waals surface area contributed by atoms with E-state index in [0.717, 1.165) is 24.8 Å². The molecule has 1 aromatic carbocycles. The monoisotopic (exact) mass is 513 g/mol. The fourth-order valence-electron chi connectivity index (χ4n) is 4.60. The summed E-state index contributed by atoms with van der Waals surface area (Å²) < 4.78 is 5.67. The molecule has 0 bridgehead atoms. The maximum absolute atomic E-state index is 12.8. The number of furan rings is 1. The van der Waals surface area contributed by atoms with Crippen molar-refractivity contribution in [1.29, 1.82) is 0 Å². The maximum atomic E-state index is 12.8. The van der Waals surface area contributed by atoms with Crippen molar-refractivity contribution < 1.29 is 33.9 Å². The minimum Gasteiger partial charge on any atom is -0.481 e. The Balaban J connectivity index is 1.57. The summed E-state index contributed by atoms with van der Waals surface area (Å²) in [6, 6.07) is 9.59. The molecule has 10 heteroatoms. The van der Waals surface area contributed by atoms with Crippen LogP contribution in [0, 0.1) is 5.92 Å². The lowest BCUT2D eigenvalue weighted by Gasteiger charge is -2.29. The van der Waals surface area contributed by atoms with Gasteiger partial charge >= 0.3 is 5.97 Å². The van der Waals surface area contributed by atoms with E-state index in [1.165, 1.54) is 6.07 Å². The van der Waals surface area contributed by atoms with Crippen molar-refractivity contribution in [3.63, 3.8) is 0 Å². The molecule has 1 aromatic heterocycles. The van der Waals surface area contributed by atoms with E-state index >= 15 is 0 Å². The highest BCUT2D eigenvalue weighted by Gasteiger charge is 2.51. The van der Waals surface area contributed by atoms with Gasteiger partial charge in [0.1, 0.15) is 5.76 Å². The van der Waals surface area contributed by atoms with Crippen LogP contribution in [0.2, 0.25) is 0 Å². The van der Waals surface area contributed by atoms with E-state index in [0.29, 0.717) is 48.5 Å². The Morgan fingerprint density at radius 3 is 2.35 bits per heavy atom. The van der Waals surface area contributed by atoms with E-state index < -0.39 is 29.3 Å². The second-order valence-electron chi connectivity index (χ2n) is 9.42. The first kappa shape index (κ1) is 27.9. The van der Waals surface area contributed by atoms with Crippen molar-refractivity contribution >= 4 is 24.2 Å². The lowest BCUT2D eigenvalue weighted by molar-refractivity contribution is -0.168. The third-order valence-electron chi connectivity index (χ3n) is 7.01. The van der Waals surface area contributed by atoms with Gasteiger partial charge in [-0.15, -0.1) is 0 Å².